The number of nitrogens with one attached hydrogen (secondary N) is 2. The minimum atomic E-state index is -0.126. The highest BCUT2D eigenvalue weighted by Gasteiger charge is 2.28. The molecule has 15 heavy (non-hydrogen) atoms. The molecule has 1 saturated heterocycles. The van der Waals surface area contributed by atoms with Crippen LogP contribution in [0.15, 0.2) is 0 Å². The summed E-state index contributed by atoms with van der Waals surface area (Å²) in [5.74, 6) is 0. The standard InChI is InChI=1S/C12H24N2O/c1-12(4-2-3-5-12)9-13-7-10-6-11(15)8-14-10/h10-11,13-15H,2-9H2,1H3. The normalized spacial score (nSPS) is 34.8. The molecule has 88 valence electrons. The van der Waals surface area contributed by atoms with Crippen LogP contribution in [0.5, 0.6) is 0 Å². The largest absolute Gasteiger partial charge is 0.392 e. The minimum absolute atomic E-state index is 0.126. The maximum atomic E-state index is 9.37. The van der Waals surface area contributed by atoms with Crippen molar-refractivity contribution in [3.63, 3.8) is 0 Å². The quantitative estimate of drug-likeness (QED) is 0.648. The molecule has 2 aliphatic rings. The molecule has 1 heterocycles. The molecule has 1 aliphatic carbocycles. The van der Waals surface area contributed by atoms with E-state index in [-0.39, 0.29) is 6.10 Å². The summed E-state index contributed by atoms with van der Waals surface area (Å²) in [5, 5.41) is 16.3. The Kier molecular flexibility index (Phi) is 3.65. The van der Waals surface area contributed by atoms with E-state index in [0.29, 0.717) is 11.5 Å². The molecule has 1 saturated carbocycles. The van der Waals surface area contributed by atoms with Gasteiger partial charge in [-0.1, -0.05) is 19.8 Å². The lowest BCUT2D eigenvalue weighted by molar-refractivity contribution is 0.192. The van der Waals surface area contributed by atoms with Crippen molar-refractivity contribution in [2.45, 2.75) is 51.2 Å². The van der Waals surface area contributed by atoms with Crippen LogP contribution in [0.2, 0.25) is 0 Å². The van der Waals surface area contributed by atoms with Gasteiger partial charge in [-0.05, 0) is 24.7 Å². The summed E-state index contributed by atoms with van der Waals surface area (Å²) in [7, 11) is 0. The van der Waals surface area contributed by atoms with E-state index in [1.807, 2.05) is 0 Å². The molecule has 0 spiro atoms. The summed E-state index contributed by atoms with van der Waals surface area (Å²) in [6.45, 7) is 5.31. The summed E-state index contributed by atoms with van der Waals surface area (Å²) in [5.41, 5.74) is 0.539. The first kappa shape index (κ1) is 11.4. The second kappa shape index (κ2) is 4.81. The monoisotopic (exact) mass is 212 g/mol. The summed E-state index contributed by atoms with van der Waals surface area (Å²) in [4.78, 5) is 0. The fourth-order valence-electron chi connectivity index (χ4n) is 2.91. The third kappa shape index (κ3) is 3.16. The second-order valence-corrected chi connectivity index (χ2v) is 5.64. The Morgan fingerprint density at radius 3 is 2.73 bits per heavy atom. The van der Waals surface area contributed by atoms with Gasteiger partial charge in [0.05, 0.1) is 6.10 Å². The molecule has 0 aromatic heterocycles. The number of hydrogen-bond acceptors (Lipinski definition) is 3. The van der Waals surface area contributed by atoms with E-state index < -0.39 is 0 Å². The molecule has 0 aromatic carbocycles. The molecule has 3 nitrogen and oxygen atoms in total. The van der Waals surface area contributed by atoms with Gasteiger partial charge in [-0.3, -0.25) is 0 Å². The van der Waals surface area contributed by atoms with Crippen molar-refractivity contribution < 1.29 is 5.11 Å². The van der Waals surface area contributed by atoms with Gasteiger partial charge in [-0.25, -0.2) is 0 Å². The van der Waals surface area contributed by atoms with Crippen molar-refractivity contribution >= 4 is 0 Å². The average molecular weight is 212 g/mol. The highest BCUT2D eigenvalue weighted by atomic mass is 16.3. The van der Waals surface area contributed by atoms with Crippen LogP contribution >= 0.6 is 0 Å². The minimum Gasteiger partial charge on any atom is -0.392 e. The number of hydrogen-bond donors (Lipinski definition) is 3. The molecule has 2 rings (SSSR count). The number of aliphatic hydroxyl groups excluding tert-OH is 1. The predicted octanol–water partition coefficient (Wildman–Crippen LogP) is 0.879. The Morgan fingerprint density at radius 2 is 2.13 bits per heavy atom. The fraction of sp³-hybridized carbons (Fsp3) is 1.00. The molecule has 2 atom stereocenters. The Balaban J connectivity index is 1.62. The van der Waals surface area contributed by atoms with E-state index in [9.17, 15) is 5.11 Å². The molecule has 2 unspecified atom stereocenters. The smallest absolute Gasteiger partial charge is 0.0680 e. The van der Waals surface area contributed by atoms with Crippen LogP contribution in [0.25, 0.3) is 0 Å². The van der Waals surface area contributed by atoms with E-state index in [4.69, 9.17) is 0 Å². The molecule has 3 heteroatoms. The van der Waals surface area contributed by atoms with Crippen molar-refractivity contribution in [2.24, 2.45) is 5.41 Å². The van der Waals surface area contributed by atoms with E-state index in [1.54, 1.807) is 0 Å². The zero-order valence-corrected chi connectivity index (χ0v) is 9.76. The topological polar surface area (TPSA) is 44.3 Å². The fourth-order valence-corrected chi connectivity index (χ4v) is 2.91. The molecule has 0 aromatic rings. The van der Waals surface area contributed by atoms with Gasteiger partial charge >= 0.3 is 0 Å². The maximum Gasteiger partial charge on any atom is 0.0680 e. The first-order valence-corrected chi connectivity index (χ1v) is 6.30. The third-order valence-corrected chi connectivity index (χ3v) is 3.95. The number of β-amino-alcohol motifs (C(OH)–C–C–N with tert-alkyl or cyclic N) is 1. The number of aliphatic hydroxyl groups is 1. The van der Waals surface area contributed by atoms with Crippen LogP contribution in [0.3, 0.4) is 0 Å². The molecular weight excluding hydrogens is 188 g/mol. The number of rotatable bonds is 4. The highest BCUT2D eigenvalue weighted by molar-refractivity contribution is 4.86. The van der Waals surface area contributed by atoms with Gasteiger partial charge in [0.15, 0.2) is 0 Å². The Hall–Kier alpha value is -0.120. The van der Waals surface area contributed by atoms with Gasteiger partial charge in [-0.15, -0.1) is 0 Å². The first-order chi connectivity index (χ1) is 7.18. The van der Waals surface area contributed by atoms with Crippen LogP contribution in [0.4, 0.5) is 0 Å². The van der Waals surface area contributed by atoms with Crippen molar-refractivity contribution in [1.29, 1.82) is 0 Å². The molecular formula is C12H24N2O. The van der Waals surface area contributed by atoms with Gasteiger partial charge in [0, 0.05) is 25.7 Å². The Morgan fingerprint density at radius 1 is 1.40 bits per heavy atom. The van der Waals surface area contributed by atoms with Crippen molar-refractivity contribution in [3.8, 4) is 0 Å². The molecule has 3 N–H and O–H groups in total. The third-order valence-electron chi connectivity index (χ3n) is 3.95. The summed E-state index contributed by atoms with van der Waals surface area (Å²) in [6, 6.07) is 0.477. The molecule has 0 bridgehead atoms. The molecule has 0 amide bonds. The summed E-state index contributed by atoms with van der Waals surface area (Å²) in [6.07, 6.45) is 6.33. The lowest BCUT2D eigenvalue weighted by Crippen LogP contribution is -2.38. The summed E-state index contributed by atoms with van der Waals surface area (Å²) < 4.78 is 0. The van der Waals surface area contributed by atoms with Gasteiger partial charge < -0.3 is 15.7 Å². The van der Waals surface area contributed by atoms with Crippen LogP contribution in [0, 0.1) is 5.41 Å². The second-order valence-electron chi connectivity index (χ2n) is 5.64. The van der Waals surface area contributed by atoms with E-state index in [1.165, 1.54) is 25.7 Å². The SMILES string of the molecule is CC1(CNCC2CC(O)CN2)CCCC1. The highest BCUT2D eigenvalue weighted by Crippen LogP contribution is 2.36. The predicted molar refractivity (Wildman–Crippen MR) is 61.9 cm³/mol. The van der Waals surface area contributed by atoms with Crippen molar-refractivity contribution in [3.05, 3.63) is 0 Å². The van der Waals surface area contributed by atoms with E-state index in [0.717, 1.165) is 26.1 Å². The molecule has 2 fully saturated rings. The average Bonchev–Trinajstić information content (AvgIpc) is 2.76. The lowest BCUT2D eigenvalue weighted by Gasteiger charge is -2.24. The van der Waals surface area contributed by atoms with Crippen molar-refractivity contribution in [2.75, 3.05) is 19.6 Å². The summed E-state index contributed by atoms with van der Waals surface area (Å²) >= 11 is 0. The Bertz CT molecular complexity index is 202. The zero-order valence-electron chi connectivity index (χ0n) is 9.76. The van der Waals surface area contributed by atoms with Crippen LogP contribution in [0.1, 0.15) is 39.0 Å². The van der Waals surface area contributed by atoms with Crippen LogP contribution < -0.4 is 10.6 Å². The van der Waals surface area contributed by atoms with Gasteiger partial charge in [0.1, 0.15) is 0 Å². The molecule has 0 radical (unpaired) electrons. The van der Waals surface area contributed by atoms with Crippen LogP contribution in [-0.4, -0.2) is 36.9 Å². The lowest BCUT2D eigenvalue weighted by atomic mass is 9.89. The molecule has 1 aliphatic heterocycles. The first-order valence-electron chi connectivity index (χ1n) is 6.30. The Labute approximate surface area is 92.6 Å². The van der Waals surface area contributed by atoms with E-state index in [2.05, 4.69) is 17.6 Å². The van der Waals surface area contributed by atoms with Gasteiger partial charge in [0.25, 0.3) is 0 Å². The van der Waals surface area contributed by atoms with Gasteiger partial charge in [-0.2, -0.15) is 0 Å². The maximum absolute atomic E-state index is 9.37. The van der Waals surface area contributed by atoms with Crippen LogP contribution in [-0.2, 0) is 0 Å². The zero-order chi connectivity index (χ0) is 10.7. The van der Waals surface area contributed by atoms with Crippen molar-refractivity contribution in [1.82, 2.24) is 10.6 Å². The van der Waals surface area contributed by atoms with E-state index >= 15 is 0 Å². The van der Waals surface area contributed by atoms with Gasteiger partial charge in [0.2, 0.25) is 0 Å².